The minimum absolute atomic E-state index is 0.147. The molecule has 0 saturated heterocycles. The van der Waals surface area contributed by atoms with Crippen LogP contribution < -0.4 is 5.32 Å². The van der Waals surface area contributed by atoms with Gasteiger partial charge in [-0.1, -0.05) is 19.3 Å². The number of hydrogen-bond acceptors (Lipinski definition) is 3. The average molecular weight is 253 g/mol. The van der Waals surface area contributed by atoms with Crippen molar-refractivity contribution in [3.63, 3.8) is 0 Å². The van der Waals surface area contributed by atoms with Crippen molar-refractivity contribution in [2.45, 2.75) is 51.1 Å². The van der Waals surface area contributed by atoms with Gasteiger partial charge in [-0.25, -0.2) is 0 Å². The van der Waals surface area contributed by atoms with Crippen molar-refractivity contribution in [1.82, 2.24) is 5.32 Å². The number of carboxylic acids is 1. The third-order valence-corrected chi connectivity index (χ3v) is 4.30. The van der Waals surface area contributed by atoms with Gasteiger partial charge in [0.1, 0.15) is 0 Å². The highest BCUT2D eigenvalue weighted by Gasteiger charge is 2.13. The van der Waals surface area contributed by atoms with E-state index in [1.165, 1.54) is 37.0 Å². The molecule has 0 radical (unpaired) electrons. The van der Waals surface area contributed by atoms with Crippen LogP contribution in [0.25, 0.3) is 0 Å². The summed E-state index contributed by atoms with van der Waals surface area (Å²) in [6, 6.07) is 4.63. The number of rotatable bonds is 5. The maximum atomic E-state index is 10.6. The van der Waals surface area contributed by atoms with Gasteiger partial charge >= 0.3 is 5.97 Å². The van der Waals surface area contributed by atoms with E-state index in [4.69, 9.17) is 5.11 Å². The lowest BCUT2D eigenvalue weighted by Gasteiger charge is -2.22. The molecule has 1 saturated carbocycles. The summed E-state index contributed by atoms with van der Waals surface area (Å²) >= 11 is 1.61. The van der Waals surface area contributed by atoms with Crippen molar-refractivity contribution < 1.29 is 9.90 Å². The molecule has 0 spiro atoms. The van der Waals surface area contributed by atoms with Gasteiger partial charge in [-0.3, -0.25) is 4.79 Å². The summed E-state index contributed by atoms with van der Waals surface area (Å²) in [6.45, 7) is 0.884. The average Bonchev–Trinajstić information content (AvgIpc) is 2.75. The van der Waals surface area contributed by atoms with E-state index >= 15 is 0 Å². The fourth-order valence-electron chi connectivity index (χ4n) is 2.31. The molecule has 2 N–H and O–H groups in total. The molecular formula is C13H19NO2S. The highest BCUT2D eigenvalue weighted by atomic mass is 32.1. The molecule has 0 amide bonds. The van der Waals surface area contributed by atoms with Crippen LogP contribution >= 0.6 is 11.3 Å². The van der Waals surface area contributed by atoms with E-state index in [1.807, 2.05) is 12.1 Å². The zero-order valence-electron chi connectivity index (χ0n) is 9.95. The van der Waals surface area contributed by atoms with E-state index in [9.17, 15) is 4.79 Å². The lowest BCUT2D eigenvalue weighted by molar-refractivity contribution is -0.136. The molecule has 1 aromatic rings. The molecule has 1 aliphatic rings. The molecule has 3 nitrogen and oxygen atoms in total. The molecule has 1 heterocycles. The Labute approximate surface area is 106 Å². The summed E-state index contributed by atoms with van der Waals surface area (Å²) < 4.78 is 0. The monoisotopic (exact) mass is 253 g/mol. The molecule has 0 aliphatic heterocycles. The van der Waals surface area contributed by atoms with Crippen molar-refractivity contribution in [2.75, 3.05) is 0 Å². The van der Waals surface area contributed by atoms with Gasteiger partial charge < -0.3 is 10.4 Å². The van der Waals surface area contributed by atoms with Crippen LogP contribution in [0.4, 0.5) is 0 Å². The first kappa shape index (κ1) is 12.6. The lowest BCUT2D eigenvalue weighted by atomic mass is 9.95. The highest BCUT2D eigenvalue weighted by Crippen LogP contribution is 2.20. The first-order chi connectivity index (χ1) is 8.24. The first-order valence-electron chi connectivity index (χ1n) is 6.27. The Balaban J connectivity index is 1.78. The summed E-state index contributed by atoms with van der Waals surface area (Å²) in [5.74, 6) is -0.751. The van der Waals surface area contributed by atoms with Gasteiger partial charge in [0.15, 0.2) is 0 Å². The standard InChI is InChI=1S/C13H19NO2S/c15-13(16)8-11-6-7-12(17-11)9-14-10-4-2-1-3-5-10/h6-7,10,14H,1-5,8-9H2,(H,15,16). The largest absolute Gasteiger partial charge is 0.481 e. The van der Waals surface area contributed by atoms with E-state index in [2.05, 4.69) is 5.32 Å². The van der Waals surface area contributed by atoms with E-state index < -0.39 is 5.97 Å². The zero-order valence-corrected chi connectivity index (χ0v) is 10.8. The Hall–Kier alpha value is -0.870. The van der Waals surface area contributed by atoms with Crippen molar-refractivity contribution in [3.8, 4) is 0 Å². The number of carboxylic acid groups (broad SMARTS) is 1. The minimum atomic E-state index is -0.751. The molecule has 1 aromatic heterocycles. The van der Waals surface area contributed by atoms with Gasteiger partial charge in [-0.15, -0.1) is 11.3 Å². The Morgan fingerprint density at radius 3 is 2.71 bits per heavy atom. The number of aliphatic carboxylic acids is 1. The summed E-state index contributed by atoms with van der Waals surface area (Å²) in [4.78, 5) is 12.8. The van der Waals surface area contributed by atoms with Gasteiger partial charge in [-0.05, 0) is 25.0 Å². The maximum Gasteiger partial charge on any atom is 0.308 e. The molecule has 0 bridgehead atoms. The second kappa shape index (κ2) is 6.17. The molecule has 4 heteroatoms. The van der Waals surface area contributed by atoms with Gasteiger partial charge in [0.2, 0.25) is 0 Å². The van der Waals surface area contributed by atoms with Crippen LogP contribution in [0.3, 0.4) is 0 Å². The molecule has 94 valence electrons. The fraction of sp³-hybridized carbons (Fsp3) is 0.615. The van der Waals surface area contributed by atoms with Crippen LogP contribution in [0.2, 0.25) is 0 Å². The SMILES string of the molecule is O=C(O)Cc1ccc(CNC2CCCCC2)s1. The van der Waals surface area contributed by atoms with Crippen LogP contribution in [0.5, 0.6) is 0 Å². The third kappa shape index (κ3) is 4.13. The van der Waals surface area contributed by atoms with Crippen molar-refractivity contribution in [1.29, 1.82) is 0 Å². The molecule has 0 atom stereocenters. The predicted octanol–water partition coefficient (Wildman–Crippen LogP) is 2.80. The van der Waals surface area contributed by atoms with E-state index in [0.29, 0.717) is 6.04 Å². The minimum Gasteiger partial charge on any atom is -0.481 e. The van der Waals surface area contributed by atoms with Crippen LogP contribution in [0.1, 0.15) is 41.9 Å². The number of carbonyl (C=O) groups is 1. The van der Waals surface area contributed by atoms with Crippen LogP contribution in [0, 0.1) is 0 Å². The Morgan fingerprint density at radius 2 is 2.00 bits per heavy atom. The van der Waals surface area contributed by atoms with Crippen LogP contribution in [-0.4, -0.2) is 17.1 Å². The topological polar surface area (TPSA) is 49.3 Å². The predicted molar refractivity (Wildman–Crippen MR) is 69.4 cm³/mol. The summed E-state index contributed by atoms with van der Waals surface area (Å²) in [5.41, 5.74) is 0. The number of thiophene rings is 1. The smallest absolute Gasteiger partial charge is 0.308 e. The quantitative estimate of drug-likeness (QED) is 0.848. The number of hydrogen-bond donors (Lipinski definition) is 2. The molecule has 1 fully saturated rings. The molecule has 1 aliphatic carbocycles. The summed E-state index contributed by atoms with van der Waals surface area (Å²) in [7, 11) is 0. The normalized spacial score (nSPS) is 17.2. The molecule has 17 heavy (non-hydrogen) atoms. The summed E-state index contributed by atoms with van der Waals surface area (Å²) in [6.07, 6.45) is 6.77. The third-order valence-electron chi connectivity index (χ3n) is 3.21. The Kier molecular flexibility index (Phi) is 4.57. The van der Waals surface area contributed by atoms with Gasteiger partial charge in [0, 0.05) is 22.3 Å². The second-order valence-corrected chi connectivity index (χ2v) is 5.91. The zero-order chi connectivity index (χ0) is 12.1. The Bertz CT molecular complexity index is 369. The van der Waals surface area contributed by atoms with Gasteiger partial charge in [0.05, 0.1) is 6.42 Å². The van der Waals surface area contributed by atoms with Gasteiger partial charge in [0.25, 0.3) is 0 Å². The van der Waals surface area contributed by atoms with Gasteiger partial charge in [-0.2, -0.15) is 0 Å². The molecule has 0 aromatic carbocycles. The lowest BCUT2D eigenvalue weighted by Crippen LogP contribution is -2.30. The molecule has 0 unspecified atom stereocenters. The second-order valence-electron chi connectivity index (χ2n) is 4.65. The fourth-order valence-corrected chi connectivity index (χ4v) is 3.27. The highest BCUT2D eigenvalue weighted by molar-refractivity contribution is 7.12. The van der Waals surface area contributed by atoms with E-state index in [-0.39, 0.29) is 6.42 Å². The molecular weight excluding hydrogens is 234 g/mol. The van der Waals surface area contributed by atoms with E-state index in [1.54, 1.807) is 11.3 Å². The molecule has 2 rings (SSSR count). The van der Waals surface area contributed by atoms with Crippen molar-refractivity contribution in [2.24, 2.45) is 0 Å². The van der Waals surface area contributed by atoms with Crippen molar-refractivity contribution >= 4 is 17.3 Å². The number of nitrogens with one attached hydrogen (secondary N) is 1. The Morgan fingerprint density at radius 1 is 1.29 bits per heavy atom. The van der Waals surface area contributed by atoms with Crippen LogP contribution in [-0.2, 0) is 17.8 Å². The summed E-state index contributed by atoms with van der Waals surface area (Å²) in [5, 5.41) is 12.3. The van der Waals surface area contributed by atoms with Crippen molar-refractivity contribution in [3.05, 3.63) is 21.9 Å². The maximum absolute atomic E-state index is 10.6. The first-order valence-corrected chi connectivity index (χ1v) is 7.08. The van der Waals surface area contributed by atoms with Crippen LogP contribution in [0.15, 0.2) is 12.1 Å². The van der Waals surface area contributed by atoms with E-state index in [0.717, 1.165) is 11.4 Å².